The van der Waals surface area contributed by atoms with Crippen molar-refractivity contribution in [2.24, 2.45) is 4.99 Å². The number of nitrogens with zero attached hydrogens (tertiary/aromatic N) is 1. The molecule has 1 N–H and O–H groups in total. The minimum Gasteiger partial charge on any atom is -0.382 e. The monoisotopic (exact) mass is 166 g/mol. The molecule has 0 aromatic heterocycles. The van der Waals surface area contributed by atoms with Crippen molar-refractivity contribution in [3.8, 4) is 0 Å². The first kappa shape index (κ1) is 11.0. The molecule has 2 heteroatoms. The second-order valence-corrected chi connectivity index (χ2v) is 2.90. The lowest BCUT2D eigenvalue weighted by molar-refractivity contribution is 0.686. The Morgan fingerprint density at radius 3 is 2.42 bits per heavy atom. The Morgan fingerprint density at radius 2 is 2.08 bits per heavy atom. The maximum Gasteiger partial charge on any atom is 0.0600 e. The van der Waals surface area contributed by atoms with Crippen molar-refractivity contribution in [1.82, 2.24) is 5.32 Å². The van der Waals surface area contributed by atoms with E-state index in [0.717, 1.165) is 11.4 Å². The van der Waals surface area contributed by atoms with Gasteiger partial charge >= 0.3 is 0 Å². The highest BCUT2D eigenvalue weighted by Gasteiger charge is 2.00. The Morgan fingerprint density at radius 1 is 1.50 bits per heavy atom. The van der Waals surface area contributed by atoms with Crippen LogP contribution in [0.4, 0.5) is 0 Å². The summed E-state index contributed by atoms with van der Waals surface area (Å²) in [5.74, 6) is 0. The number of nitrogens with one attached hydrogen (secondary N) is 1. The van der Waals surface area contributed by atoms with Gasteiger partial charge in [0.1, 0.15) is 0 Å². The molecule has 0 unspecified atom stereocenters. The zero-order valence-corrected chi connectivity index (χ0v) is 8.39. The van der Waals surface area contributed by atoms with Gasteiger partial charge in [0.15, 0.2) is 0 Å². The summed E-state index contributed by atoms with van der Waals surface area (Å²) in [5, 5.41) is 3.30. The number of aliphatic imine (C=N–C) groups is 1. The Kier molecular flexibility index (Phi) is 5.09. The van der Waals surface area contributed by atoms with Crippen LogP contribution in [0, 0.1) is 0 Å². The van der Waals surface area contributed by atoms with Crippen LogP contribution in [0.3, 0.4) is 0 Å². The minimum atomic E-state index is 0.436. The second-order valence-electron chi connectivity index (χ2n) is 2.90. The summed E-state index contributed by atoms with van der Waals surface area (Å²) in [6.07, 6.45) is 3.57. The van der Waals surface area contributed by atoms with Crippen LogP contribution in [0.2, 0.25) is 0 Å². The van der Waals surface area contributed by atoms with E-state index in [1.807, 2.05) is 19.9 Å². The van der Waals surface area contributed by atoms with Crippen molar-refractivity contribution in [3.63, 3.8) is 0 Å². The highest BCUT2D eigenvalue weighted by molar-refractivity contribution is 5.97. The van der Waals surface area contributed by atoms with Gasteiger partial charge in [0.2, 0.25) is 0 Å². The number of hydrogen-bond acceptors (Lipinski definition) is 2. The van der Waals surface area contributed by atoms with Crippen molar-refractivity contribution >= 4 is 5.71 Å². The van der Waals surface area contributed by atoms with Gasteiger partial charge in [0.05, 0.1) is 11.4 Å². The summed E-state index contributed by atoms with van der Waals surface area (Å²) >= 11 is 0. The number of allylic oxidation sites excluding steroid dienone is 2. The van der Waals surface area contributed by atoms with Crippen molar-refractivity contribution in [1.29, 1.82) is 0 Å². The molecule has 0 bridgehead atoms. The van der Waals surface area contributed by atoms with E-state index in [0.29, 0.717) is 6.04 Å². The fourth-order valence-corrected chi connectivity index (χ4v) is 0.914. The molecule has 0 saturated heterocycles. The van der Waals surface area contributed by atoms with Crippen molar-refractivity contribution in [2.45, 2.75) is 33.7 Å². The molecule has 2 nitrogen and oxygen atoms in total. The quantitative estimate of drug-likeness (QED) is 0.637. The molecule has 0 rings (SSSR count). The third kappa shape index (κ3) is 3.96. The van der Waals surface area contributed by atoms with Gasteiger partial charge in [-0.2, -0.15) is 0 Å². The predicted octanol–water partition coefficient (Wildman–Crippen LogP) is 2.49. The van der Waals surface area contributed by atoms with Gasteiger partial charge in [-0.3, -0.25) is 4.99 Å². The lowest BCUT2D eigenvalue weighted by Crippen LogP contribution is -2.25. The molecule has 0 radical (unpaired) electrons. The lowest BCUT2D eigenvalue weighted by atomic mass is 10.2. The molecule has 0 aliphatic carbocycles. The smallest absolute Gasteiger partial charge is 0.0600 e. The van der Waals surface area contributed by atoms with E-state index in [9.17, 15) is 0 Å². The maximum absolute atomic E-state index is 4.10. The summed E-state index contributed by atoms with van der Waals surface area (Å²) in [6, 6.07) is 0.436. The van der Waals surface area contributed by atoms with E-state index >= 15 is 0 Å². The van der Waals surface area contributed by atoms with Gasteiger partial charge in [-0.1, -0.05) is 12.7 Å². The molecular formula is C10H18N2. The normalized spacial score (nSPS) is 13.4. The fourth-order valence-electron chi connectivity index (χ4n) is 0.914. The van der Waals surface area contributed by atoms with Crippen molar-refractivity contribution in [2.75, 3.05) is 0 Å². The van der Waals surface area contributed by atoms with Gasteiger partial charge < -0.3 is 5.32 Å². The van der Waals surface area contributed by atoms with Crippen LogP contribution in [0.5, 0.6) is 0 Å². The molecule has 0 aliphatic rings. The third-order valence-corrected chi connectivity index (χ3v) is 1.41. The second kappa shape index (κ2) is 5.58. The first-order valence-electron chi connectivity index (χ1n) is 4.20. The molecule has 68 valence electrons. The molecule has 0 amide bonds. The van der Waals surface area contributed by atoms with Crippen LogP contribution < -0.4 is 5.32 Å². The van der Waals surface area contributed by atoms with Gasteiger partial charge in [0.25, 0.3) is 0 Å². The largest absolute Gasteiger partial charge is 0.382 e. The summed E-state index contributed by atoms with van der Waals surface area (Å²) in [7, 11) is 0. The molecule has 0 aliphatic heterocycles. The summed E-state index contributed by atoms with van der Waals surface area (Å²) in [4.78, 5) is 4.10. The highest BCUT2D eigenvalue weighted by Crippen LogP contribution is 1.96. The van der Waals surface area contributed by atoms with Gasteiger partial charge in [-0.15, -0.1) is 0 Å². The van der Waals surface area contributed by atoms with E-state index in [4.69, 9.17) is 0 Å². The average Bonchev–Trinajstić information content (AvgIpc) is 2.00. The Hall–Kier alpha value is -1.05. The Bertz CT molecular complexity index is 200. The first-order chi connectivity index (χ1) is 5.61. The van der Waals surface area contributed by atoms with E-state index in [2.05, 4.69) is 30.7 Å². The van der Waals surface area contributed by atoms with E-state index in [1.165, 1.54) is 0 Å². The molecule has 0 fully saturated rings. The summed E-state index contributed by atoms with van der Waals surface area (Å²) < 4.78 is 0. The van der Waals surface area contributed by atoms with Crippen molar-refractivity contribution in [3.05, 3.63) is 24.6 Å². The Balaban J connectivity index is 4.37. The molecule has 0 aromatic carbocycles. The zero-order chi connectivity index (χ0) is 9.56. The molecule has 0 aromatic rings. The van der Waals surface area contributed by atoms with E-state index in [1.54, 1.807) is 6.20 Å². The summed E-state index contributed by atoms with van der Waals surface area (Å²) in [5.41, 5.74) is 2.05. The molecular weight excluding hydrogens is 148 g/mol. The van der Waals surface area contributed by atoms with E-state index in [-0.39, 0.29) is 0 Å². The number of rotatable bonds is 4. The molecule has 0 atom stereocenters. The van der Waals surface area contributed by atoms with Crippen LogP contribution in [0.15, 0.2) is 29.5 Å². The molecule has 0 spiro atoms. The maximum atomic E-state index is 4.10. The predicted molar refractivity (Wildman–Crippen MR) is 55.3 cm³/mol. The summed E-state index contributed by atoms with van der Waals surface area (Å²) in [6.45, 7) is 11.7. The van der Waals surface area contributed by atoms with Crippen LogP contribution in [-0.4, -0.2) is 11.8 Å². The molecule has 0 saturated carbocycles. The van der Waals surface area contributed by atoms with E-state index < -0.39 is 0 Å². The highest BCUT2D eigenvalue weighted by atomic mass is 14.9. The van der Waals surface area contributed by atoms with Crippen LogP contribution >= 0.6 is 0 Å². The van der Waals surface area contributed by atoms with Crippen LogP contribution in [0.25, 0.3) is 0 Å². The van der Waals surface area contributed by atoms with Gasteiger partial charge in [-0.05, 0) is 27.7 Å². The topological polar surface area (TPSA) is 24.4 Å². The SMILES string of the molecule is C=CN=C(C)/C(=C\C)NC(C)C. The van der Waals surface area contributed by atoms with Gasteiger partial charge in [0, 0.05) is 12.2 Å². The van der Waals surface area contributed by atoms with Gasteiger partial charge in [-0.25, -0.2) is 0 Å². The Labute approximate surface area is 75.1 Å². The average molecular weight is 166 g/mol. The molecule has 0 heterocycles. The zero-order valence-electron chi connectivity index (χ0n) is 8.39. The lowest BCUT2D eigenvalue weighted by Gasteiger charge is -2.12. The minimum absolute atomic E-state index is 0.436. The molecule has 12 heavy (non-hydrogen) atoms. The van der Waals surface area contributed by atoms with Crippen molar-refractivity contribution < 1.29 is 0 Å². The number of hydrogen-bond donors (Lipinski definition) is 1. The standard InChI is InChI=1S/C10H18N2/c1-6-10(12-8(3)4)9(5)11-7-2/h6-8,12H,2H2,1,3-5H3/b10-6+,11-9?. The first-order valence-corrected chi connectivity index (χ1v) is 4.20. The third-order valence-electron chi connectivity index (χ3n) is 1.41. The van der Waals surface area contributed by atoms with Crippen LogP contribution in [-0.2, 0) is 0 Å². The fraction of sp³-hybridized carbons (Fsp3) is 0.500. The van der Waals surface area contributed by atoms with Crippen LogP contribution in [0.1, 0.15) is 27.7 Å².